The van der Waals surface area contributed by atoms with Crippen LogP contribution in [0.4, 0.5) is 0 Å². The lowest BCUT2D eigenvalue weighted by Gasteiger charge is -2.44. The molecule has 0 aromatic carbocycles. The van der Waals surface area contributed by atoms with Crippen molar-refractivity contribution in [1.29, 1.82) is 0 Å². The van der Waals surface area contributed by atoms with Gasteiger partial charge in [-0.05, 0) is 47.7 Å². The van der Waals surface area contributed by atoms with E-state index in [9.17, 15) is 18.9 Å². The van der Waals surface area contributed by atoms with Gasteiger partial charge in [-0.3, -0.25) is 14.2 Å². The van der Waals surface area contributed by atoms with Gasteiger partial charge in [-0.15, -0.1) is 0 Å². The maximum absolute atomic E-state index is 12.5. The van der Waals surface area contributed by atoms with Crippen molar-refractivity contribution in [2.45, 2.75) is 89.2 Å². The first-order chi connectivity index (χ1) is 14.0. The van der Waals surface area contributed by atoms with Gasteiger partial charge in [-0.2, -0.15) is 0 Å². The van der Waals surface area contributed by atoms with Crippen LogP contribution >= 0.6 is 8.46 Å². The molecule has 3 unspecified atom stereocenters. The number of hydrogen-bond donors (Lipinski definition) is 0. The van der Waals surface area contributed by atoms with Crippen molar-refractivity contribution in [3.8, 4) is 0 Å². The van der Waals surface area contributed by atoms with E-state index in [1.54, 1.807) is 13.8 Å². The molecule has 1 fully saturated rings. The summed E-state index contributed by atoms with van der Waals surface area (Å²) in [4.78, 5) is 37.1. The lowest BCUT2D eigenvalue weighted by Crippen LogP contribution is -2.55. The number of methoxy groups -OCH3 is 1. The normalized spacial score (nSPS) is 28.7. The molecule has 0 aromatic heterocycles. The van der Waals surface area contributed by atoms with Crippen LogP contribution in [0.15, 0.2) is 0 Å². The number of nitrogens with zero attached hydrogens (tertiary/aromatic N) is 1. The summed E-state index contributed by atoms with van der Waals surface area (Å²) >= 11 is 0. The van der Waals surface area contributed by atoms with Gasteiger partial charge >= 0.3 is 0 Å². The van der Waals surface area contributed by atoms with Crippen molar-refractivity contribution in [1.82, 2.24) is 4.90 Å². The van der Waals surface area contributed by atoms with Crippen LogP contribution < -0.4 is 0 Å². The van der Waals surface area contributed by atoms with Gasteiger partial charge in [0.25, 0.3) is 0 Å². The molecule has 0 aromatic rings. The topological polar surface area (TPSA) is 99.2 Å². The maximum atomic E-state index is 12.5. The predicted octanol–water partition coefficient (Wildman–Crippen LogP) is 2.67. The van der Waals surface area contributed by atoms with E-state index in [4.69, 9.17) is 14.2 Å². The highest BCUT2D eigenvalue weighted by Gasteiger charge is 2.45. The monoisotopic (exact) mass is 445 g/mol. The number of ether oxygens (including phenoxy) is 3. The van der Waals surface area contributed by atoms with Gasteiger partial charge in [0.05, 0.1) is 24.2 Å². The molecule has 30 heavy (non-hydrogen) atoms. The number of ketones is 2. The zero-order valence-electron chi connectivity index (χ0n) is 19.1. The van der Waals surface area contributed by atoms with Crippen LogP contribution in [0.1, 0.15) is 53.4 Å². The Balaban J connectivity index is 3.21. The highest BCUT2D eigenvalue weighted by molar-refractivity contribution is 7.24. The minimum atomic E-state index is -0.977. The van der Waals surface area contributed by atoms with E-state index in [-0.39, 0.29) is 50.9 Å². The molecular weight excluding hydrogens is 409 g/mol. The zero-order valence-corrected chi connectivity index (χ0v) is 20.0. The molecule has 0 radical (unpaired) electrons. The van der Waals surface area contributed by atoms with Crippen LogP contribution in [-0.2, 0) is 33.2 Å². The van der Waals surface area contributed by atoms with Gasteiger partial charge in [-0.25, -0.2) is 0 Å². The van der Waals surface area contributed by atoms with E-state index < -0.39 is 23.7 Å². The van der Waals surface area contributed by atoms with Crippen molar-refractivity contribution >= 4 is 26.3 Å². The van der Waals surface area contributed by atoms with Crippen LogP contribution in [0.3, 0.4) is 0 Å². The second-order valence-corrected chi connectivity index (χ2v) is 9.57. The molecule has 1 saturated heterocycles. The van der Waals surface area contributed by atoms with Crippen LogP contribution in [0.2, 0.25) is 0 Å². The zero-order chi connectivity index (χ0) is 23.1. The van der Waals surface area contributed by atoms with Crippen molar-refractivity contribution in [2.75, 3.05) is 21.2 Å². The van der Waals surface area contributed by atoms with Gasteiger partial charge in [0.15, 0.2) is 14.8 Å². The molecule has 9 heteroatoms. The number of aldehydes is 1. The number of Topliss-reactive ketones (excluding diaryl/α,β-unsaturated/α-hetero) is 2. The Kier molecular flexibility index (Phi) is 10.9. The molecule has 1 aliphatic rings. The fourth-order valence-corrected chi connectivity index (χ4v) is 4.70. The Hall–Kier alpha value is -1.05. The molecule has 0 amide bonds. The van der Waals surface area contributed by atoms with E-state index in [2.05, 4.69) is 0 Å². The van der Waals surface area contributed by atoms with Crippen molar-refractivity contribution < 1.29 is 33.2 Å². The summed E-state index contributed by atoms with van der Waals surface area (Å²) in [5.41, 5.74) is -1.43. The maximum Gasteiger partial charge on any atom is 0.173 e. The van der Waals surface area contributed by atoms with Gasteiger partial charge in [0.1, 0.15) is 23.5 Å². The SMILES string of the molecule is CO[C@](C)(C[C@@H](C)C=O)[C@@H](CC(=O)CC(C)=O)O[C@@H]1OC(C)CC(N(C)C)C1P=O. The molecular formula is C21H36NO7P. The molecule has 1 rings (SSSR count). The molecule has 0 spiro atoms. The molecule has 0 aliphatic carbocycles. The van der Waals surface area contributed by atoms with Crippen LogP contribution in [0.5, 0.6) is 0 Å². The van der Waals surface area contributed by atoms with Gasteiger partial charge in [-0.1, -0.05) is 6.92 Å². The van der Waals surface area contributed by atoms with Gasteiger partial charge < -0.3 is 23.9 Å². The molecule has 0 saturated carbocycles. The second-order valence-electron chi connectivity index (χ2n) is 8.76. The molecule has 172 valence electrons. The standard InChI is InChI=1S/C21H36NO7P/c1-13(12-23)11-21(4,27-7)18(10-16(25)8-14(2)24)29-20-19(30-26)17(22(5)6)9-15(3)28-20/h12-13,15,17-20H,8-11H2,1-7H3/t13-,15?,17?,18-,19?,20+,21-/m1/s1. The number of carbonyl (C=O) groups excluding carboxylic acids is 3. The van der Waals surface area contributed by atoms with Gasteiger partial charge in [0, 0.05) is 25.5 Å². The Bertz CT molecular complexity index is 614. The van der Waals surface area contributed by atoms with Crippen LogP contribution in [0, 0.1) is 5.92 Å². The van der Waals surface area contributed by atoms with Gasteiger partial charge in [0.2, 0.25) is 0 Å². The summed E-state index contributed by atoms with van der Waals surface area (Å²) in [5, 5.41) is 0. The van der Waals surface area contributed by atoms with Crippen molar-refractivity contribution in [2.24, 2.45) is 5.92 Å². The first-order valence-corrected chi connectivity index (χ1v) is 11.2. The molecule has 0 bridgehead atoms. The number of rotatable bonds is 13. The summed E-state index contributed by atoms with van der Waals surface area (Å²) in [6, 6.07) is -0.0332. The summed E-state index contributed by atoms with van der Waals surface area (Å²) in [6.07, 6.45) is -0.152. The van der Waals surface area contributed by atoms with Crippen molar-refractivity contribution in [3.63, 3.8) is 0 Å². The Morgan fingerprint density at radius 3 is 2.47 bits per heavy atom. The number of hydrogen-bond acceptors (Lipinski definition) is 8. The first kappa shape index (κ1) is 27.0. The lowest BCUT2D eigenvalue weighted by molar-refractivity contribution is -0.251. The lowest BCUT2D eigenvalue weighted by atomic mass is 9.85. The Labute approximate surface area is 181 Å². The second kappa shape index (κ2) is 12.1. The molecule has 8 nitrogen and oxygen atoms in total. The van der Waals surface area contributed by atoms with E-state index in [1.807, 2.05) is 25.9 Å². The Morgan fingerprint density at radius 1 is 1.37 bits per heavy atom. The third-order valence-corrected chi connectivity index (χ3v) is 6.49. The quantitative estimate of drug-likeness (QED) is 0.242. The first-order valence-electron chi connectivity index (χ1n) is 10.3. The summed E-state index contributed by atoms with van der Waals surface area (Å²) < 4.78 is 30.0. The summed E-state index contributed by atoms with van der Waals surface area (Å²) in [6.45, 7) is 6.82. The largest absolute Gasteiger partial charge is 0.376 e. The van der Waals surface area contributed by atoms with Crippen molar-refractivity contribution in [3.05, 3.63) is 0 Å². The Morgan fingerprint density at radius 2 is 2.00 bits per heavy atom. The average Bonchev–Trinajstić information content (AvgIpc) is 2.66. The number of carbonyl (C=O) groups is 3. The van der Waals surface area contributed by atoms with Crippen LogP contribution in [-0.4, -0.2) is 79.8 Å². The molecule has 7 atom stereocenters. The smallest absolute Gasteiger partial charge is 0.173 e. The van der Waals surface area contributed by atoms with E-state index >= 15 is 0 Å². The molecule has 0 N–H and O–H groups in total. The third-order valence-electron chi connectivity index (χ3n) is 5.66. The van der Waals surface area contributed by atoms with E-state index in [1.165, 1.54) is 14.0 Å². The predicted molar refractivity (Wildman–Crippen MR) is 113 cm³/mol. The van der Waals surface area contributed by atoms with E-state index in [0.29, 0.717) is 12.8 Å². The summed E-state index contributed by atoms with van der Waals surface area (Å²) in [5.74, 6) is -0.831. The van der Waals surface area contributed by atoms with Crippen LogP contribution in [0.25, 0.3) is 0 Å². The fourth-order valence-electron chi connectivity index (χ4n) is 3.93. The third kappa shape index (κ3) is 7.57. The highest BCUT2D eigenvalue weighted by Crippen LogP contribution is 2.36. The molecule has 1 aliphatic heterocycles. The van der Waals surface area contributed by atoms with E-state index in [0.717, 1.165) is 6.29 Å². The summed E-state index contributed by atoms with van der Waals surface area (Å²) in [7, 11) is 5.21. The minimum absolute atomic E-state index is 0.0332. The fraction of sp³-hybridized carbons (Fsp3) is 0.857. The average molecular weight is 445 g/mol. The highest BCUT2D eigenvalue weighted by atomic mass is 31.1. The molecule has 1 heterocycles. The minimum Gasteiger partial charge on any atom is -0.376 e.